The number of likely N-dealkylation sites (tertiary alicyclic amines) is 1. The number of aryl methyl sites for hydroxylation is 2. The van der Waals surface area contributed by atoms with Crippen LogP contribution in [0.15, 0.2) is 58.3 Å². The van der Waals surface area contributed by atoms with Crippen LogP contribution in [0.25, 0.3) is 22.4 Å². The van der Waals surface area contributed by atoms with E-state index < -0.39 is 0 Å². The predicted octanol–water partition coefficient (Wildman–Crippen LogP) is 5.90. The first-order valence-corrected chi connectivity index (χ1v) is 14.4. The molecule has 0 aliphatic carbocycles. The Kier molecular flexibility index (Phi) is 8.48. The second-order valence-corrected chi connectivity index (χ2v) is 10.6. The maximum atomic E-state index is 13.2. The van der Waals surface area contributed by atoms with E-state index in [4.69, 9.17) is 14.7 Å². The zero-order valence-electron chi connectivity index (χ0n) is 23.9. The lowest BCUT2D eigenvalue weighted by Gasteiger charge is -2.33. The van der Waals surface area contributed by atoms with E-state index in [-0.39, 0.29) is 5.56 Å². The van der Waals surface area contributed by atoms with Gasteiger partial charge in [0, 0.05) is 25.8 Å². The molecule has 1 fully saturated rings. The summed E-state index contributed by atoms with van der Waals surface area (Å²) in [5, 5.41) is 8.15. The molecule has 1 saturated heterocycles. The Morgan fingerprint density at radius 3 is 2.62 bits per heavy atom. The number of fused-ring (bicyclic) bond motifs is 1. The lowest BCUT2D eigenvalue weighted by atomic mass is 9.99. The number of benzene rings is 2. The van der Waals surface area contributed by atoms with Crippen LogP contribution in [-0.4, -0.2) is 50.3 Å². The van der Waals surface area contributed by atoms with E-state index in [2.05, 4.69) is 41.1 Å². The normalized spacial score (nSPS) is 14.6. The Morgan fingerprint density at radius 1 is 1.12 bits per heavy atom. The highest BCUT2D eigenvalue weighted by atomic mass is 16.5. The zero-order chi connectivity index (χ0) is 28.1. The number of hydrogen-bond acceptors (Lipinski definition) is 5. The van der Waals surface area contributed by atoms with Gasteiger partial charge in [-0.3, -0.25) is 9.48 Å². The van der Waals surface area contributed by atoms with E-state index >= 15 is 0 Å². The van der Waals surface area contributed by atoms with Crippen LogP contribution in [0.1, 0.15) is 52.1 Å². The smallest absolute Gasteiger partial charge is 0.277 e. The highest BCUT2D eigenvalue weighted by molar-refractivity contribution is 5.96. The van der Waals surface area contributed by atoms with Gasteiger partial charge in [-0.15, -0.1) is 0 Å². The van der Waals surface area contributed by atoms with Gasteiger partial charge in [-0.1, -0.05) is 45.4 Å². The van der Waals surface area contributed by atoms with Gasteiger partial charge in [-0.2, -0.15) is 5.10 Å². The molecule has 9 heteroatoms. The van der Waals surface area contributed by atoms with Crippen molar-refractivity contribution in [3.8, 4) is 17.1 Å². The Labute approximate surface area is 235 Å². The molecule has 2 N–H and O–H groups in total. The van der Waals surface area contributed by atoms with Crippen LogP contribution >= 0.6 is 0 Å². The van der Waals surface area contributed by atoms with Crippen molar-refractivity contribution in [2.45, 2.75) is 52.9 Å². The molecule has 9 nitrogen and oxygen atoms in total. The Morgan fingerprint density at radius 2 is 1.90 bits per heavy atom. The monoisotopic (exact) mass is 541 g/mol. The SMILES string of the molecule is CCCOc1ccc(NC(=Nc2ccccc2)N2CCC(C)CC2)cc1-c1nc2c(CCC)nn(C)c2c(=O)[nH]1. The van der Waals surface area contributed by atoms with Gasteiger partial charge in [-0.05, 0) is 61.9 Å². The van der Waals surface area contributed by atoms with E-state index in [1.807, 2.05) is 48.5 Å². The van der Waals surface area contributed by atoms with Crippen molar-refractivity contribution in [3.05, 3.63) is 64.6 Å². The molecule has 40 heavy (non-hydrogen) atoms. The molecule has 0 amide bonds. The van der Waals surface area contributed by atoms with Crippen molar-refractivity contribution in [1.82, 2.24) is 24.6 Å². The van der Waals surface area contributed by atoms with Gasteiger partial charge in [0.15, 0.2) is 5.52 Å². The number of para-hydroxylation sites is 1. The summed E-state index contributed by atoms with van der Waals surface area (Å²) in [7, 11) is 1.79. The third-order valence-corrected chi connectivity index (χ3v) is 7.28. The second kappa shape index (κ2) is 12.4. The largest absolute Gasteiger partial charge is 0.493 e. The van der Waals surface area contributed by atoms with Gasteiger partial charge in [0.2, 0.25) is 5.96 Å². The van der Waals surface area contributed by atoms with Crippen LogP contribution < -0.4 is 15.6 Å². The summed E-state index contributed by atoms with van der Waals surface area (Å²) in [6, 6.07) is 15.9. The Hall–Kier alpha value is -4.14. The fourth-order valence-corrected chi connectivity index (χ4v) is 5.06. The molecule has 4 aromatic rings. The number of hydrogen-bond donors (Lipinski definition) is 2. The summed E-state index contributed by atoms with van der Waals surface area (Å²) in [6.45, 7) is 8.91. The molecule has 2 aromatic carbocycles. The molecule has 2 aromatic heterocycles. The molecule has 0 saturated carbocycles. The van der Waals surface area contributed by atoms with Gasteiger partial charge < -0.3 is 19.9 Å². The topological polar surface area (TPSA) is 100 Å². The van der Waals surface area contributed by atoms with Gasteiger partial charge in [-0.25, -0.2) is 9.98 Å². The van der Waals surface area contributed by atoms with Crippen LogP contribution in [-0.2, 0) is 13.5 Å². The van der Waals surface area contributed by atoms with E-state index in [0.717, 1.165) is 73.8 Å². The number of rotatable bonds is 8. The average molecular weight is 542 g/mol. The number of nitrogens with zero attached hydrogens (tertiary/aromatic N) is 5. The minimum atomic E-state index is -0.217. The highest BCUT2D eigenvalue weighted by Crippen LogP contribution is 2.32. The molecule has 0 unspecified atom stereocenters. The molecule has 0 bridgehead atoms. The molecule has 1 aliphatic rings. The van der Waals surface area contributed by atoms with Crippen molar-refractivity contribution in [1.29, 1.82) is 0 Å². The van der Waals surface area contributed by atoms with Crippen molar-refractivity contribution in [2.75, 3.05) is 25.0 Å². The lowest BCUT2D eigenvalue weighted by Crippen LogP contribution is -2.41. The number of guanidine groups is 1. The van der Waals surface area contributed by atoms with E-state index in [0.29, 0.717) is 35.1 Å². The first kappa shape index (κ1) is 27.4. The summed E-state index contributed by atoms with van der Waals surface area (Å²) < 4.78 is 7.73. The van der Waals surface area contributed by atoms with Crippen molar-refractivity contribution >= 4 is 28.4 Å². The first-order valence-electron chi connectivity index (χ1n) is 14.4. The number of anilines is 1. The summed E-state index contributed by atoms with van der Waals surface area (Å²) in [4.78, 5) is 28.4. The number of nitrogens with one attached hydrogen (secondary N) is 2. The number of ether oxygens (including phenoxy) is 1. The summed E-state index contributed by atoms with van der Waals surface area (Å²) in [5.41, 5.74) is 4.18. The fourth-order valence-electron chi connectivity index (χ4n) is 5.06. The molecule has 1 aliphatic heterocycles. The molecule has 5 rings (SSSR count). The predicted molar refractivity (Wildman–Crippen MR) is 161 cm³/mol. The minimum Gasteiger partial charge on any atom is -0.493 e. The maximum Gasteiger partial charge on any atom is 0.277 e. The number of piperidine rings is 1. The third-order valence-electron chi connectivity index (χ3n) is 7.28. The quantitative estimate of drug-likeness (QED) is 0.213. The number of aliphatic imine (C=N–C) groups is 1. The lowest BCUT2D eigenvalue weighted by molar-refractivity contribution is 0.280. The van der Waals surface area contributed by atoms with Gasteiger partial charge in [0.25, 0.3) is 5.56 Å². The van der Waals surface area contributed by atoms with Crippen molar-refractivity contribution < 1.29 is 4.74 Å². The van der Waals surface area contributed by atoms with Crippen LogP contribution in [0.3, 0.4) is 0 Å². The molecule has 210 valence electrons. The molecule has 0 radical (unpaired) electrons. The Balaban J connectivity index is 1.57. The van der Waals surface area contributed by atoms with Crippen molar-refractivity contribution in [3.63, 3.8) is 0 Å². The number of H-pyrrole nitrogens is 1. The zero-order valence-corrected chi connectivity index (χ0v) is 23.9. The third kappa shape index (κ3) is 6.03. The minimum absolute atomic E-state index is 0.217. The van der Waals surface area contributed by atoms with Crippen LogP contribution in [0.2, 0.25) is 0 Å². The van der Waals surface area contributed by atoms with Gasteiger partial charge >= 0.3 is 0 Å². The molecular formula is C31H39N7O2. The van der Waals surface area contributed by atoms with E-state index in [9.17, 15) is 4.79 Å². The van der Waals surface area contributed by atoms with Gasteiger partial charge in [0.1, 0.15) is 17.1 Å². The number of aromatic nitrogens is 4. The Bertz CT molecular complexity index is 1530. The van der Waals surface area contributed by atoms with E-state index in [1.54, 1.807) is 11.7 Å². The maximum absolute atomic E-state index is 13.2. The summed E-state index contributed by atoms with van der Waals surface area (Å²) >= 11 is 0. The first-order chi connectivity index (χ1) is 19.5. The summed E-state index contributed by atoms with van der Waals surface area (Å²) in [6.07, 6.45) is 4.79. The van der Waals surface area contributed by atoms with Gasteiger partial charge in [0.05, 0.1) is 23.6 Å². The van der Waals surface area contributed by atoms with Crippen molar-refractivity contribution in [2.24, 2.45) is 18.0 Å². The second-order valence-electron chi connectivity index (χ2n) is 10.6. The van der Waals surface area contributed by atoms with Crippen LogP contribution in [0.5, 0.6) is 5.75 Å². The van der Waals surface area contributed by atoms with Crippen LogP contribution in [0.4, 0.5) is 11.4 Å². The number of aromatic amines is 1. The fraction of sp³-hybridized carbons (Fsp3) is 0.419. The standard InChI is InChI=1S/C31H39N7O2/c1-5-10-25-27-28(37(4)36-25)30(39)35-29(34-27)24-20-23(13-14-26(24)40-19-6-2)33-31(32-22-11-8-7-9-12-22)38-17-15-21(3)16-18-38/h7-9,11-14,20-21H,5-6,10,15-19H2,1-4H3,(H,32,33)(H,34,35,39). The molecule has 3 heterocycles. The molecule has 0 spiro atoms. The summed E-state index contributed by atoms with van der Waals surface area (Å²) in [5.74, 6) is 2.65. The average Bonchev–Trinajstić information content (AvgIpc) is 3.28. The molecular weight excluding hydrogens is 502 g/mol. The highest BCUT2D eigenvalue weighted by Gasteiger charge is 2.21. The molecule has 0 atom stereocenters. The van der Waals surface area contributed by atoms with Crippen LogP contribution in [0, 0.1) is 5.92 Å². The van der Waals surface area contributed by atoms with E-state index in [1.165, 1.54) is 0 Å².